The fourth-order valence-electron chi connectivity index (χ4n) is 3.47. The van der Waals surface area contributed by atoms with Gasteiger partial charge in [0.05, 0.1) is 12.9 Å². The van der Waals surface area contributed by atoms with Crippen molar-refractivity contribution in [3.8, 4) is 16.9 Å². The van der Waals surface area contributed by atoms with Crippen molar-refractivity contribution < 1.29 is 18.3 Å². The molecular weight excluding hydrogens is 393 g/mol. The van der Waals surface area contributed by atoms with Crippen molar-refractivity contribution in [2.45, 2.75) is 13.8 Å². The summed E-state index contributed by atoms with van der Waals surface area (Å²) in [5.74, 6) is -0.0110. The third-order valence-corrected chi connectivity index (χ3v) is 4.94. The summed E-state index contributed by atoms with van der Waals surface area (Å²) < 4.78 is 24.7. The van der Waals surface area contributed by atoms with Crippen LogP contribution in [0.25, 0.3) is 27.7 Å². The summed E-state index contributed by atoms with van der Waals surface area (Å²) in [7, 11) is 0. The Hall–Kier alpha value is -3.86. The quantitative estimate of drug-likeness (QED) is 0.357. The average Bonchev–Trinajstić information content (AvgIpc) is 3.18. The Labute approximate surface area is 180 Å². The summed E-state index contributed by atoms with van der Waals surface area (Å²) in [6.07, 6.45) is 3.25. The monoisotopic (exact) mass is 415 g/mol. The number of anilines is 1. The number of carbonyl (C=O) groups is 1. The second-order valence-electron chi connectivity index (χ2n) is 7.12. The molecule has 5 heteroatoms. The van der Waals surface area contributed by atoms with Gasteiger partial charge in [0, 0.05) is 34.3 Å². The Morgan fingerprint density at radius 2 is 1.84 bits per heavy atom. The van der Waals surface area contributed by atoms with Crippen LogP contribution in [0.1, 0.15) is 19.4 Å². The minimum atomic E-state index is -0.353. The van der Waals surface area contributed by atoms with Gasteiger partial charge in [-0.15, -0.1) is 0 Å². The van der Waals surface area contributed by atoms with E-state index >= 15 is 0 Å². The molecule has 31 heavy (non-hydrogen) atoms. The van der Waals surface area contributed by atoms with Crippen LogP contribution < -0.4 is 10.1 Å². The van der Waals surface area contributed by atoms with Crippen LogP contribution >= 0.6 is 0 Å². The number of allylic oxidation sites excluding steroid dienone is 1. The Kier molecular flexibility index (Phi) is 5.85. The number of furan rings is 1. The van der Waals surface area contributed by atoms with E-state index in [1.807, 2.05) is 56.3 Å². The Bertz CT molecular complexity index is 1240. The van der Waals surface area contributed by atoms with Gasteiger partial charge in [0.25, 0.3) is 0 Å². The number of nitrogens with one attached hydrogen (secondary N) is 1. The molecule has 1 aromatic heterocycles. The number of halogens is 1. The van der Waals surface area contributed by atoms with Gasteiger partial charge in [-0.3, -0.25) is 4.79 Å². The zero-order valence-corrected chi connectivity index (χ0v) is 17.3. The van der Waals surface area contributed by atoms with Crippen molar-refractivity contribution in [3.05, 3.63) is 90.4 Å². The Morgan fingerprint density at radius 3 is 2.55 bits per heavy atom. The second kappa shape index (κ2) is 8.88. The van der Waals surface area contributed by atoms with Crippen LogP contribution in [0, 0.1) is 5.82 Å². The molecule has 0 spiro atoms. The van der Waals surface area contributed by atoms with E-state index in [9.17, 15) is 9.18 Å². The third kappa shape index (κ3) is 4.51. The molecular formula is C26H22FNO3. The first-order valence-electron chi connectivity index (χ1n) is 10.0. The molecule has 0 aliphatic carbocycles. The number of benzene rings is 3. The fraction of sp³-hybridized carbons (Fsp3) is 0.115. The van der Waals surface area contributed by atoms with E-state index < -0.39 is 0 Å². The first kappa shape index (κ1) is 20.4. The molecule has 0 atom stereocenters. The minimum Gasteiger partial charge on any atom is -0.493 e. The Balaban J connectivity index is 1.71. The van der Waals surface area contributed by atoms with Crippen LogP contribution in [0.4, 0.5) is 10.1 Å². The maximum absolute atomic E-state index is 13.1. The molecule has 0 unspecified atom stereocenters. The van der Waals surface area contributed by atoms with Crippen molar-refractivity contribution in [3.63, 3.8) is 0 Å². The molecule has 4 nitrogen and oxygen atoms in total. The average molecular weight is 415 g/mol. The van der Waals surface area contributed by atoms with Gasteiger partial charge in [0.1, 0.15) is 17.1 Å². The van der Waals surface area contributed by atoms with E-state index in [1.165, 1.54) is 30.3 Å². The van der Waals surface area contributed by atoms with Crippen molar-refractivity contribution in [1.29, 1.82) is 0 Å². The first-order chi connectivity index (χ1) is 15.0. The number of hydrogen-bond donors (Lipinski definition) is 1. The van der Waals surface area contributed by atoms with Gasteiger partial charge in [-0.1, -0.05) is 30.3 Å². The first-order valence-corrected chi connectivity index (χ1v) is 10.0. The number of rotatable bonds is 6. The van der Waals surface area contributed by atoms with E-state index in [1.54, 1.807) is 6.26 Å². The molecule has 4 rings (SSSR count). The van der Waals surface area contributed by atoms with E-state index in [4.69, 9.17) is 9.15 Å². The number of amides is 1. The lowest BCUT2D eigenvalue weighted by atomic mass is 9.99. The SMILES string of the molecule is CCOc1cc2occ(-c3ccccc3)c2cc1/C(C)=C/C(=O)Nc1ccc(F)cc1. The second-order valence-corrected chi connectivity index (χ2v) is 7.12. The standard InChI is InChI=1S/C26H22FNO3/c1-3-30-24-15-25-22(23(16-31-25)18-7-5-4-6-8-18)14-21(24)17(2)13-26(29)28-20-11-9-19(27)10-12-20/h4-16H,3H2,1-2H3,(H,28,29)/b17-13+. The normalized spacial score (nSPS) is 11.5. The van der Waals surface area contributed by atoms with Gasteiger partial charge in [-0.25, -0.2) is 4.39 Å². The molecule has 1 N–H and O–H groups in total. The van der Waals surface area contributed by atoms with Gasteiger partial charge in [0.2, 0.25) is 5.91 Å². The van der Waals surface area contributed by atoms with Crippen molar-refractivity contribution >= 4 is 28.1 Å². The highest BCUT2D eigenvalue weighted by molar-refractivity contribution is 6.05. The lowest BCUT2D eigenvalue weighted by Gasteiger charge is -2.12. The van der Waals surface area contributed by atoms with Crippen molar-refractivity contribution in [1.82, 2.24) is 0 Å². The van der Waals surface area contributed by atoms with Crippen molar-refractivity contribution in [2.75, 3.05) is 11.9 Å². The highest BCUT2D eigenvalue weighted by atomic mass is 19.1. The number of fused-ring (bicyclic) bond motifs is 1. The number of carbonyl (C=O) groups excluding carboxylic acids is 1. The molecule has 0 radical (unpaired) electrons. The lowest BCUT2D eigenvalue weighted by molar-refractivity contribution is -0.111. The zero-order chi connectivity index (χ0) is 21.8. The molecule has 4 aromatic rings. The summed E-state index contributed by atoms with van der Waals surface area (Å²) >= 11 is 0. The number of hydrogen-bond acceptors (Lipinski definition) is 3. The lowest BCUT2D eigenvalue weighted by Crippen LogP contribution is -2.08. The van der Waals surface area contributed by atoms with Crippen LogP contribution in [-0.4, -0.2) is 12.5 Å². The van der Waals surface area contributed by atoms with Gasteiger partial charge in [0.15, 0.2) is 0 Å². The highest BCUT2D eigenvalue weighted by Crippen LogP contribution is 2.37. The van der Waals surface area contributed by atoms with Crippen LogP contribution in [0.2, 0.25) is 0 Å². The van der Waals surface area contributed by atoms with Gasteiger partial charge < -0.3 is 14.5 Å². The smallest absolute Gasteiger partial charge is 0.248 e. The summed E-state index contributed by atoms with van der Waals surface area (Å²) in [6, 6.07) is 19.5. The molecule has 3 aromatic carbocycles. The topological polar surface area (TPSA) is 51.5 Å². The predicted molar refractivity (Wildman–Crippen MR) is 121 cm³/mol. The minimum absolute atomic E-state index is 0.304. The molecule has 1 amide bonds. The highest BCUT2D eigenvalue weighted by Gasteiger charge is 2.15. The van der Waals surface area contributed by atoms with Crippen LogP contribution in [0.3, 0.4) is 0 Å². The van der Waals surface area contributed by atoms with E-state index in [0.29, 0.717) is 18.0 Å². The summed E-state index contributed by atoms with van der Waals surface area (Å²) in [4.78, 5) is 12.5. The maximum atomic E-state index is 13.1. The van der Waals surface area contributed by atoms with Gasteiger partial charge in [-0.05, 0) is 55.3 Å². The van der Waals surface area contributed by atoms with E-state index in [0.717, 1.165) is 33.2 Å². The molecule has 0 bridgehead atoms. The van der Waals surface area contributed by atoms with Crippen molar-refractivity contribution in [2.24, 2.45) is 0 Å². The van der Waals surface area contributed by atoms with Crippen LogP contribution in [0.5, 0.6) is 5.75 Å². The third-order valence-electron chi connectivity index (χ3n) is 4.94. The molecule has 0 saturated heterocycles. The molecule has 0 aliphatic rings. The summed E-state index contributed by atoms with van der Waals surface area (Å²) in [5, 5.41) is 3.69. The molecule has 156 valence electrons. The predicted octanol–water partition coefficient (Wildman–Crippen LogP) is 6.68. The molecule has 1 heterocycles. The summed E-state index contributed by atoms with van der Waals surface area (Å²) in [6.45, 7) is 4.25. The molecule has 0 fully saturated rings. The van der Waals surface area contributed by atoms with E-state index in [2.05, 4.69) is 5.32 Å². The van der Waals surface area contributed by atoms with Crippen LogP contribution in [-0.2, 0) is 4.79 Å². The fourth-order valence-corrected chi connectivity index (χ4v) is 3.47. The van der Waals surface area contributed by atoms with Gasteiger partial charge in [-0.2, -0.15) is 0 Å². The summed E-state index contributed by atoms with van der Waals surface area (Å²) in [5.41, 5.74) is 4.81. The Morgan fingerprint density at radius 1 is 1.10 bits per heavy atom. The molecule has 0 saturated carbocycles. The maximum Gasteiger partial charge on any atom is 0.248 e. The largest absolute Gasteiger partial charge is 0.493 e. The molecule has 0 aliphatic heterocycles. The van der Waals surface area contributed by atoms with Crippen LogP contribution in [0.15, 0.2) is 83.5 Å². The van der Waals surface area contributed by atoms with E-state index in [-0.39, 0.29) is 11.7 Å². The zero-order valence-electron chi connectivity index (χ0n) is 17.3. The van der Waals surface area contributed by atoms with Gasteiger partial charge >= 0.3 is 0 Å². The number of ether oxygens (including phenoxy) is 1.